The number of ether oxygens (including phenoxy) is 4. The zero-order valence-electron chi connectivity index (χ0n) is 14.6. The van der Waals surface area contributed by atoms with Gasteiger partial charge in [0.1, 0.15) is 12.2 Å². The molecule has 1 aliphatic heterocycles. The number of nitrogens with one attached hydrogen (secondary N) is 1. The van der Waals surface area contributed by atoms with Gasteiger partial charge in [0.15, 0.2) is 0 Å². The van der Waals surface area contributed by atoms with E-state index in [0.717, 1.165) is 0 Å². The van der Waals surface area contributed by atoms with Crippen molar-refractivity contribution >= 4 is 0 Å². The first kappa shape index (κ1) is 16.4. The molecule has 8 nitrogen and oxygen atoms in total. The van der Waals surface area contributed by atoms with Crippen LogP contribution < -0.4 is 11.2 Å². The van der Waals surface area contributed by atoms with Crippen molar-refractivity contribution in [2.45, 2.75) is 38.2 Å². The Labute approximate surface area is 135 Å². The molecule has 1 saturated heterocycles. The molecule has 0 aromatic carbocycles. The lowest BCUT2D eigenvalue weighted by Gasteiger charge is -2.41. The van der Waals surface area contributed by atoms with E-state index < -0.39 is 35.6 Å². The van der Waals surface area contributed by atoms with Crippen LogP contribution in [-0.2, 0) is 18.9 Å². The van der Waals surface area contributed by atoms with Crippen molar-refractivity contribution in [3.05, 3.63) is 32.6 Å². The molecule has 2 heterocycles. The van der Waals surface area contributed by atoms with Crippen molar-refractivity contribution in [2.24, 2.45) is 0 Å². The van der Waals surface area contributed by atoms with Gasteiger partial charge >= 0.3 is 5.69 Å². The van der Waals surface area contributed by atoms with Crippen LogP contribution in [0.3, 0.4) is 0 Å². The molecule has 0 bridgehead atoms. The lowest BCUT2D eigenvalue weighted by molar-refractivity contribution is -0.186. The van der Waals surface area contributed by atoms with Crippen LogP contribution in [-0.4, -0.2) is 61.9 Å². The topological polar surface area (TPSA) is 91.8 Å². The quantitative estimate of drug-likeness (QED) is 0.730. The van der Waals surface area contributed by atoms with Gasteiger partial charge in [-0.05, 0) is 13.8 Å². The fraction of sp³-hybridized carbons (Fsp3) is 0.733. The second kappa shape index (κ2) is 7.87. The molecule has 130 valence electrons. The predicted octanol–water partition coefficient (Wildman–Crippen LogP) is -0.149. The van der Waals surface area contributed by atoms with Crippen molar-refractivity contribution in [2.75, 3.05) is 34.0 Å². The lowest BCUT2D eigenvalue weighted by atomic mass is 9.98. The predicted molar refractivity (Wildman–Crippen MR) is 82.9 cm³/mol. The summed E-state index contributed by atoms with van der Waals surface area (Å²) in [4.78, 5) is 26.1. The number of hydrogen-bond donors (Lipinski definition) is 1. The van der Waals surface area contributed by atoms with Gasteiger partial charge in [-0.3, -0.25) is 14.3 Å². The van der Waals surface area contributed by atoms with Crippen LogP contribution in [0, 0.1) is 6.92 Å². The molecule has 23 heavy (non-hydrogen) atoms. The first-order valence-corrected chi connectivity index (χ1v) is 7.39. The van der Waals surface area contributed by atoms with Gasteiger partial charge < -0.3 is 18.9 Å². The first-order chi connectivity index (χ1) is 11.5. The summed E-state index contributed by atoms with van der Waals surface area (Å²) in [6.45, 7) is 2.55. The summed E-state index contributed by atoms with van der Waals surface area (Å²) >= 11 is 0. The minimum absolute atomic E-state index is 0.0227. The number of H-pyrrole nitrogens is 1. The highest BCUT2D eigenvalue weighted by Crippen LogP contribution is 2.28. The zero-order chi connectivity index (χ0) is 17.7. The molecule has 4 atom stereocenters. The molecule has 1 N–H and O–H groups in total. The van der Waals surface area contributed by atoms with Crippen LogP contribution in [0.25, 0.3) is 0 Å². The Balaban J connectivity index is 2.36. The summed E-state index contributed by atoms with van der Waals surface area (Å²) in [5.41, 5.74) is -0.530. The fourth-order valence-electron chi connectivity index (χ4n) is 2.67. The Bertz CT molecular complexity index is 646. The van der Waals surface area contributed by atoms with E-state index in [2.05, 4.69) is 4.98 Å². The van der Waals surface area contributed by atoms with Gasteiger partial charge in [0.25, 0.3) is 5.56 Å². The Morgan fingerprint density at radius 3 is 2.83 bits per heavy atom. The number of methoxy groups -OCH3 is 2. The molecule has 1 aliphatic rings. The normalized spacial score (nSPS) is 28.6. The molecule has 1 fully saturated rings. The zero-order valence-corrected chi connectivity index (χ0v) is 13.6. The summed E-state index contributed by atoms with van der Waals surface area (Å²) in [6.07, 6.45) is 0.0446. The Hall–Kier alpha value is -1.48. The average Bonchev–Trinajstić information content (AvgIpc) is 2.58. The largest absolute Gasteiger partial charge is 0.382 e. The molecule has 0 saturated carbocycles. The van der Waals surface area contributed by atoms with Crippen LogP contribution in [0.1, 0.15) is 19.9 Å². The van der Waals surface area contributed by atoms with E-state index in [1.165, 1.54) is 17.9 Å². The van der Waals surface area contributed by atoms with Crippen LogP contribution >= 0.6 is 0 Å². The molecule has 2 rings (SSSR count). The Morgan fingerprint density at radius 2 is 2.17 bits per heavy atom. The van der Waals surface area contributed by atoms with Gasteiger partial charge in [0, 0.05) is 27.4 Å². The van der Waals surface area contributed by atoms with E-state index in [4.69, 9.17) is 20.3 Å². The minimum Gasteiger partial charge on any atom is -0.382 e. The third-order valence-electron chi connectivity index (χ3n) is 3.92. The monoisotopic (exact) mass is 329 g/mol. The highest BCUT2D eigenvalue weighted by Gasteiger charge is 2.41. The summed E-state index contributed by atoms with van der Waals surface area (Å²) < 4.78 is 31.1. The maximum atomic E-state index is 12.2. The van der Waals surface area contributed by atoms with Gasteiger partial charge in [-0.2, -0.15) is 0 Å². The smallest absolute Gasteiger partial charge is 0.328 e. The summed E-state index contributed by atoms with van der Waals surface area (Å²) in [5, 5.41) is 0. The molecule has 1 aromatic rings. The average molecular weight is 329 g/mol. The molecule has 1 aromatic heterocycles. The van der Waals surface area contributed by atoms with Crippen LogP contribution in [0.5, 0.6) is 0 Å². The molecule has 0 aliphatic carbocycles. The number of hydrogen-bond acceptors (Lipinski definition) is 6. The summed E-state index contributed by atoms with van der Waals surface area (Å²) in [7, 11) is 3.09. The molecule has 0 radical (unpaired) electrons. The molecule has 0 unspecified atom stereocenters. The molecular formula is C15H24N2O6. The van der Waals surface area contributed by atoms with E-state index in [9.17, 15) is 9.59 Å². The van der Waals surface area contributed by atoms with Crippen molar-refractivity contribution < 1.29 is 20.3 Å². The van der Waals surface area contributed by atoms with Gasteiger partial charge in [-0.1, -0.05) is 0 Å². The number of aromatic nitrogens is 2. The number of rotatable bonds is 6. The van der Waals surface area contributed by atoms with E-state index in [-0.39, 0.29) is 13.5 Å². The van der Waals surface area contributed by atoms with Crippen molar-refractivity contribution in [3.8, 4) is 0 Å². The maximum absolute atomic E-state index is 12.2. The van der Waals surface area contributed by atoms with Gasteiger partial charge in [-0.15, -0.1) is 0 Å². The highest BCUT2D eigenvalue weighted by molar-refractivity contribution is 5.04. The highest BCUT2D eigenvalue weighted by atomic mass is 16.6. The standard InChI is InChI=1S/C15H24N2O6/c1-9-7-17(15(19)16-14(9)18)11-8-23-10(2)12(21-4)13(11)22-6-5-20-3/h7,10-13H,5-6,8H2,1-4H3,(H,16,18,19)/t10-,11-,12-,13+/m1/s1/i2D. The second-order valence-electron chi connectivity index (χ2n) is 5.45. The second-order valence-corrected chi connectivity index (χ2v) is 5.45. The summed E-state index contributed by atoms with van der Waals surface area (Å²) in [6, 6.07) is -0.474. The van der Waals surface area contributed by atoms with Crippen molar-refractivity contribution in [3.63, 3.8) is 0 Å². The SMILES string of the molecule is [2H]C[C@H]1OC[C@@H](n2cc(C)c(=O)[nH]c2=O)[C@H](OCCOC)[C@@H]1OC. The Morgan fingerprint density at radius 1 is 1.39 bits per heavy atom. The van der Waals surface area contributed by atoms with Gasteiger partial charge in [0.05, 0.1) is 32.0 Å². The van der Waals surface area contributed by atoms with E-state index in [0.29, 0.717) is 18.8 Å². The Kier molecular flexibility index (Phi) is 5.60. The third kappa shape index (κ3) is 3.89. The van der Waals surface area contributed by atoms with Crippen molar-refractivity contribution in [1.29, 1.82) is 0 Å². The van der Waals surface area contributed by atoms with E-state index >= 15 is 0 Å². The molecule has 0 amide bonds. The van der Waals surface area contributed by atoms with Crippen LogP contribution in [0.4, 0.5) is 0 Å². The molecular weight excluding hydrogens is 304 g/mol. The molecule has 0 spiro atoms. The first-order valence-electron chi connectivity index (χ1n) is 8.10. The van der Waals surface area contributed by atoms with E-state index in [1.807, 2.05) is 0 Å². The maximum Gasteiger partial charge on any atom is 0.328 e. The number of aryl methyl sites for hydroxylation is 1. The van der Waals surface area contributed by atoms with Gasteiger partial charge in [0.2, 0.25) is 0 Å². The lowest BCUT2D eigenvalue weighted by Crippen LogP contribution is -2.54. The summed E-state index contributed by atoms with van der Waals surface area (Å²) in [5.74, 6) is 0. The van der Waals surface area contributed by atoms with Crippen LogP contribution in [0.15, 0.2) is 15.8 Å². The number of nitrogens with zero attached hydrogens (tertiary/aromatic N) is 1. The number of aromatic amines is 1. The third-order valence-corrected chi connectivity index (χ3v) is 3.92. The van der Waals surface area contributed by atoms with Gasteiger partial charge in [-0.25, -0.2) is 4.79 Å². The minimum atomic E-state index is -0.529. The fourth-order valence-corrected chi connectivity index (χ4v) is 2.67. The van der Waals surface area contributed by atoms with Crippen molar-refractivity contribution in [1.82, 2.24) is 9.55 Å². The molecule has 8 heteroatoms. The van der Waals surface area contributed by atoms with E-state index in [1.54, 1.807) is 14.0 Å². The van der Waals surface area contributed by atoms with Crippen LogP contribution in [0.2, 0.25) is 0 Å².